The van der Waals surface area contributed by atoms with E-state index in [4.69, 9.17) is 21.3 Å². The highest BCUT2D eigenvalue weighted by Gasteiger charge is 2.54. The Morgan fingerprint density at radius 2 is 2.12 bits per heavy atom. The van der Waals surface area contributed by atoms with Gasteiger partial charge in [0.05, 0.1) is 22.3 Å². The zero-order chi connectivity index (χ0) is 23.3. The molecule has 3 heterocycles. The predicted molar refractivity (Wildman–Crippen MR) is 123 cm³/mol. The molecule has 0 aromatic carbocycles. The maximum absolute atomic E-state index is 12.8. The molecule has 2 aromatic heterocycles. The van der Waals surface area contributed by atoms with Gasteiger partial charge in [0.25, 0.3) is 0 Å². The molecule has 33 heavy (non-hydrogen) atoms. The molecule has 4 N–H and O–H groups in total. The Morgan fingerprint density at radius 1 is 1.27 bits per heavy atom. The second-order valence-electron chi connectivity index (χ2n) is 8.74. The summed E-state index contributed by atoms with van der Waals surface area (Å²) in [5.41, 5.74) is 2.10. The molecule has 0 bridgehead atoms. The van der Waals surface area contributed by atoms with E-state index in [9.17, 15) is 14.7 Å². The number of unbranched alkanes of at least 4 members (excludes halogenated alkanes) is 1. The topological polar surface area (TPSA) is 129 Å². The van der Waals surface area contributed by atoms with Crippen LogP contribution in [0.2, 0.25) is 5.02 Å². The number of amides is 1. The predicted octanol–water partition coefficient (Wildman–Crippen LogP) is 2.85. The second-order valence-corrected chi connectivity index (χ2v) is 9.15. The molecule has 0 unspecified atom stereocenters. The van der Waals surface area contributed by atoms with Crippen LogP contribution in [0.25, 0.3) is 0 Å². The number of nitrogens with zero attached hydrogens (tertiary/aromatic N) is 2. The highest BCUT2D eigenvalue weighted by Crippen LogP contribution is 2.49. The number of fused-ring (bicyclic) bond motifs is 1. The van der Waals surface area contributed by atoms with Gasteiger partial charge >= 0.3 is 5.97 Å². The van der Waals surface area contributed by atoms with Crippen LogP contribution < -0.4 is 10.6 Å². The summed E-state index contributed by atoms with van der Waals surface area (Å²) in [5.74, 6) is -0.404. The number of aryl methyl sites for hydroxylation is 2. The molecule has 2 aromatic rings. The molecule has 178 valence electrons. The van der Waals surface area contributed by atoms with Crippen LogP contribution in [0.15, 0.2) is 18.3 Å². The lowest BCUT2D eigenvalue weighted by Crippen LogP contribution is -2.46. The minimum atomic E-state index is -1.08. The monoisotopic (exact) mass is 475 g/mol. The molecule has 0 radical (unpaired) electrons. The fourth-order valence-corrected chi connectivity index (χ4v) is 4.47. The number of carbonyl (C=O) groups is 2. The zero-order valence-electron chi connectivity index (χ0n) is 18.5. The molecule has 4 rings (SSSR count). The summed E-state index contributed by atoms with van der Waals surface area (Å²) >= 11 is 6.10. The van der Waals surface area contributed by atoms with Gasteiger partial charge in [-0.2, -0.15) is 5.10 Å². The molecule has 1 amide bonds. The lowest BCUT2D eigenvalue weighted by atomic mass is 10.0. The Labute approximate surface area is 197 Å². The van der Waals surface area contributed by atoms with Gasteiger partial charge in [-0.1, -0.05) is 17.7 Å². The number of carboxylic acid groups (broad SMARTS) is 1. The average molecular weight is 476 g/mol. The number of anilines is 1. The van der Waals surface area contributed by atoms with Crippen LogP contribution >= 0.6 is 11.6 Å². The number of aromatic nitrogens is 3. The summed E-state index contributed by atoms with van der Waals surface area (Å²) in [6, 6.07) is 3.24. The molecule has 9 nitrogen and oxygen atoms in total. The Hall–Kier alpha value is -2.65. The van der Waals surface area contributed by atoms with Gasteiger partial charge in [-0.25, -0.2) is 9.78 Å². The SMILES string of the molecule is O=C(O)[C@H](CCOCCCCc1ccc2c(n1)NCCC2)NC(=O)C1(c2[nH]ncc2Cl)CC1. The van der Waals surface area contributed by atoms with Crippen molar-refractivity contribution in [2.75, 3.05) is 25.1 Å². The highest BCUT2D eigenvalue weighted by atomic mass is 35.5. The molecular weight excluding hydrogens is 446 g/mol. The van der Waals surface area contributed by atoms with Gasteiger partial charge in [0, 0.05) is 31.9 Å². The third-order valence-corrected chi connectivity index (χ3v) is 6.62. The van der Waals surface area contributed by atoms with Crippen LogP contribution in [-0.4, -0.2) is 58.0 Å². The van der Waals surface area contributed by atoms with Crippen molar-refractivity contribution in [1.29, 1.82) is 0 Å². The first kappa shape index (κ1) is 23.5. The summed E-state index contributed by atoms with van der Waals surface area (Å²) in [6.07, 6.45) is 7.78. The van der Waals surface area contributed by atoms with Crippen molar-refractivity contribution in [2.24, 2.45) is 0 Å². The molecule has 10 heteroatoms. The zero-order valence-corrected chi connectivity index (χ0v) is 19.3. The Kier molecular flexibility index (Phi) is 7.49. The van der Waals surface area contributed by atoms with Crippen LogP contribution in [0.4, 0.5) is 5.82 Å². The van der Waals surface area contributed by atoms with Crippen molar-refractivity contribution in [1.82, 2.24) is 20.5 Å². The van der Waals surface area contributed by atoms with E-state index in [1.54, 1.807) is 0 Å². The number of hydrogen-bond donors (Lipinski definition) is 4. The van der Waals surface area contributed by atoms with Gasteiger partial charge in [0.15, 0.2) is 0 Å². The third-order valence-electron chi connectivity index (χ3n) is 6.33. The van der Waals surface area contributed by atoms with Gasteiger partial charge in [-0.3, -0.25) is 9.89 Å². The van der Waals surface area contributed by atoms with Crippen LogP contribution in [0.5, 0.6) is 0 Å². The van der Waals surface area contributed by atoms with E-state index in [0.717, 1.165) is 50.2 Å². The number of carbonyl (C=O) groups excluding carboxylic acids is 1. The van der Waals surface area contributed by atoms with Crippen LogP contribution in [0, 0.1) is 0 Å². The highest BCUT2D eigenvalue weighted by molar-refractivity contribution is 6.31. The largest absolute Gasteiger partial charge is 0.480 e. The fraction of sp³-hybridized carbons (Fsp3) is 0.565. The van der Waals surface area contributed by atoms with Crippen molar-refractivity contribution < 1.29 is 19.4 Å². The van der Waals surface area contributed by atoms with E-state index in [1.165, 1.54) is 11.8 Å². The molecule has 1 atom stereocenters. The summed E-state index contributed by atoms with van der Waals surface area (Å²) in [6.45, 7) is 1.78. The maximum atomic E-state index is 12.8. The number of aliphatic carboxylic acids is 1. The van der Waals surface area contributed by atoms with Crippen LogP contribution in [0.3, 0.4) is 0 Å². The first-order chi connectivity index (χ1) is 16.0. The minimum absolute atomic E-state index is 0.200. The summed E-state index contributed by atoms with van der Waals surface area (Å²) < 4.78 is 5.63. The van der Waals surface area contributed by atoms with E-state index < -0.39 is 17.4 Å². The van der Waals surface area contributed by atoms with E-state index in [-0.39, 0.29) is 18.9 Å². The van der Waals surface area contributed by atoms with Crippen LogP contribution in [-0.2, 0) is 32.6 Å². The van der Waals surface area contributed by atoms with Gasteiger partial charge in [-0.15, -0.1) is 0 Å². The molecule has 2 aliphatic rings. The first-order valence-corrected chi connectivity index (χ1v) is 11.9. The molecular formula is C23H30ClN5O4. The Balaban J connectivity index is 1.15. The van der Waals surface area contributed by atoms with Crippen molar-refractivity contribution in [2.45, 2.75) is 62.8 Å². The molecule has 1 aliphatic carbocycles. The first-order valence-electron chi connectivity index (χ1n) is 11.5. The van der Waals surface area contributed by atoms with Crippen molar-refractivity contribution in [3.05, 3.63) is 40.3 Å². The van der Waals surface area contributed by atoms with Crippen molar-refractivity contribution >= 4 is 29.3 Å². The van der Waals surface area contributed by atoms with E-state index in [1.807, 2.05) is 0 Å². The third kappa shape index (κ3) is 5.65. The number of carboxylic acids is 1. The Bertz CT molecular complexity index is 991. The van der Waals surface area contributed by atoms with Gasteiger partial charge in [0.1, 0.15) is 11.9 Å². The normalized spacial score (nSPS) is 17.0. The molecule has 1 fully saturated rings. The molecule has 0 spiro atoms. The van der Waals surface area contributed by atoms with Gasteiger partial charge < -0.3 is 20.5 Å². The van der Waals surface area contributed by atoms with E-state index in [0.29, 0.717) is 30.2 Å². The quantitative estimate of drug-likeness (QED) is 0.347. The van der Waals surface area contributed by atoms with E-state index in [2.05, 4.69) is 33.0 Å². The van der Waals surface area contributed by atoms with E-state index >= 15 is 0 Å². The summed E-state index contributed by atoms with van der Waals surface area (Å²) in [7, 11) is 0. The lowest BCUT2D eigenvalue weighted by Gasteiger charge is -2.19. The second kappa shape index (κ2) is 10.5. The molecule has 1 saturated carbocycles. The molecule has 1 aliphatic heterocycles. The molecule has 0 saturated heterocycles. The average Bonchev–Trinajstić information content (AvgIpc) is 3.51. The smallest absolute Gasteiger partial charge is 0.326 e. The number of hydrogen-bond acceptors (Lipinski definition) is 6. The summed E-state index contributed by atoms with van der Waals surface area (Å²) in [5, 5.41) is 22.5. The number of H-pyrrole nitrogens is 1. The number of rotatable bonds is 12. The maximum Gasteiger partial charge on any atom is 0.326 e. The number of nitrogens with one attached hydrogen (secondary N) is 3. The van der Waals surface area contributed by atoms with Crippen LogP contribution in [0.1, 0.15) is 55.5 Å². The number of pyridine rings is 1. The number of ether oxygens (including phenoxy) is 1. The lowest BCUT2D eigenvalue weighted by molar-refractivity contribution is -0.142. The summed E-state index contributed by atoms with van der Waals surface area (Å²) in [4.78, 5) is 29.1. The number of halogens is 1. The van der Waals surface area contributed by atoms with Gasteiger partial charge in [0.2, 0.25) is 5.91 Å². The Morgan fingerprint density at radius 3 is 2.85 bits per heavy atom. The number of aromatic amines is 1. The van der Waals surface area contributed by atoms with Crippen molar-refractivity contribution in [3.63, 3.8) is 0 Å². The minimum Gasteiger partial charge on any atom is -0.480 e. The van der Waals surface area contributed by atoms with Crippen molar-refractivity contribution in [3.8, 4) is 0 Å². The fourth-order valence-electron chi connectivity index (χ4n) is 4.20. The van der Waals surface area contributed by atoms with Gasteiger partial charge in [-0.05, 0) is 56.6 Å². The standard InChI is InChI=1S/C23H30ClN5O4/c24-17-14-26-29-19(17)23(9-10-23)22(32)28-18(21(30)31)8-13-33-12-2-1-5-16-7-6-15-4-3-11-25-20(15)27-16/h6-7,14,18H,1-5,8-13H2,(H,25,27)(H,26,29)(H,28,32)(H,30,31)/t18-/m0/s1.